The molecule has 2 rings (SSSR count). The van der Waals surface area contributed by atoms with Crippen LogP contribution < -0.4 is 4.74 Å². The average molecular weight is 367 g/mol. The third-order valence-electron chi connectivity index (χ3n) is 3.62. The number of amides is 1. The van der Waals surface area contributed by atoms with E-state index in [1.165, 1.54) is 16.9 Å². The predicted octanol–water partition coefficient (Wildman–Crippen LogP) is 3.68. The molecule has 0 N–H and O–H groups in total. The molecule has 0 atom stereocenters. The van der Waals surface area contributed by atoms with Gasteiger partial charge in [0.15, 0.2) is 0 Å². The van der Waals surface area contributed by atoms with E-state index in [1.807, 2.05) is 62.3 Å². The number of aryl methyl sites for hydroxylation is 1. The first-order valence-corrected chi connectivity index (χ1v) is 8.99. The number of rotatable bonds is 8. The Labute approximate surface area is 152 Å². The highest BCUT2D eigenvalue weighted by Crippen LogP contribution is 2.22. The number of halogens is 1. The maximum absolute atomic E-state index is 12.3. The Bertz CT molecular complexity index is 657. The topological polar surface area (TPSA) is 32.8 Å². The van der Waals surface area contributed by atoms with E-state index >= 15 is 0 Å². The van der Waals surface area contributed by atoms with E-state index in [-0.39, 0.29) is 5.91 Å². The van der Waals surface area contributed by atoms with Gasteiger partial charge in [-0.3, -0.25) is 9.69 Å². The third kappa shape index (κ3) is 6.15. The summed E-state index contributed by atoms with van der Waals surface area (Å²) in [5, 5.41) is 0. The van der Waals surface area contributed by atoms with Crippen LogP contribution in [0.15, 0.2) is 36.4 Å². The first-order valence-electron chi connectivity index (χ1n) is 7.80. The van der Waals surface area contributed by atoms with Crippen molar-refractivity contribution in [2.75, 3.05) is 33.8 Å². The fourth-order valence-corrected chi connectivity index (χ4v) is 3.28. The number of ether oxygens (including phenoxy) is 1. The van der Waals surface area contributed by atoms with Crippen LogP contribution in [0.25, 0.3) is 0 Å². The largest absolute Gasteiger partial charge is 0.492 e. The summed E-state index contributed by atoms with van der Waals surface area (Å²) in [4.78, 5) is 17.0. The van der Waals surface area contributed by atoms with Gasteiger partial charge < -0.3 is 9.64 Å². The van der Waals surface area contributed by atoms with Crippen LogP contribution in [0, 0.1) is 6.92 Å². The number of benzene rings is 1. The zero-order valence-electron chi connectivity index (χ0n) is 14.3. The van der Waals surface area contributed by atoms with E-state index in [1.54, 1.807) is 4.90 Å². The second-order valence-corrected chi connectivity index (χ2v) is 7.65. The fourth-order valence-electron chi connectivity index (χ4n) is 2.14. The molecule has 0 bridgehead atoms. The molecule has 0 aliphatic carbocycles. The zero-order valence-corrected chi connectivity index (χ0v) is 15.9. The minimum absolute atomic E-state index is 0.0809. The zero-order chi connectivity index (χ0) is 17.5. The Kier molecular flexibility index (Phi) is 7.09. The van der Waals surface area contributed by atoms with E-state index < -0.39 is 0 Å². The molecule has 0 radical (unpaired) electrons. The molecule has 1 aromatic carbocycles. The monoisotopic (exact) mass is 366 g/mol. The summed E-state index contributed by atoms with van der Waals surface area (Å²) < 4.78 is 6.44. The molecular formula is C18H23ClN2O2S. The molecule has 1 heterocycles. The molecule has 2 aromatic rings. The molecule has 1 aromatic heterocycles. The second kappa shape index (κ2) is 9.06. The highest BCUT2D eigenvalue weighted by atomic mass is 35.5. The molecular weight excluding hydrogens is 344 g/mol. The van der Waals surface area contributed by atoms with Crippen molar-refractivity contribution in [3.05, 3.63) is 51.2 Å². The lowest BCUT2D eigenvalue weighted by Gasteiger charge is -2.21. The first-order chi connectivity index (χ1) is 11.4. The number of carbonyl (C=O) groups excluding carboxylic acids is 1. The number of nitrogens with zero attached hydrogens (tertiary/aromatic N) is 2. The van der Waals surface area contributed by atoms with Gasteiger partial charge in [0.05, 0.1) is 17.4 Å². The lowest BCUT2D eigenvalue weighted by Crippen LogP contribution is -2.37. The van der Waals surface area contributed by atoms with Crippen molar-refractivity contribution in [2.24, 2.45) is 0 Å². The van der Waals surface area contributed by atoms with Crippen LogP contribution in [0.1, 0.15) is 10.4 Å². The Hall–Kier alpha value is -1.56. The van der Waals surface area contributed by atoms with Crippen LogP contribution in [0.3, 0.4) is 0 Å². The van der Waals surface area contributed by atoms with Gasteiger partial charge in [-0.25, -0.2) is 0 Å². The Morgan fingerprint density at radius 2 is 1.88 bits per heavy atom. The summed E-state index contributed by atoms with van der Waals surface area (Å²) in [6.07, 6.45) is 0. The molecule has 0 saturated carbocycles. The number of thiophene rings is 1. The van der Waals surface area contributed by atoms with E-state index in [0.29, 0.717) is 26.2 Å². The molecule has 1 amide bonds. The van der Waals surface area contributed by atoms with Crippen molar-refractivity contribution in [2.45, 2.75) is 13.5 Å². The smallest absolute Gasteiger partial charge is 0.236 e. The number of hydrogen-bond acceptors (Lipinski definition) is 4. The summed E-state index contributed by atoms with van der Waals surface area (Å²) in [6.45, 7) is 4.25. The van der Waals surface area contributed by atoms with Crippen molar-refractivity contribution in [3.8, 4) is 5.75 Å². The number of hydrogen-bond donors (Lipinski definition) is 0. The average Bonchev–Trinajstić information content (AvgIpc) is 2.94. The van der Waals surface area contributed by atoms with E-state index in [0.717, 1.165) is 15.0 Å². The van der Waals surface area contributed by atoms with Gasteiger partial charge in [-0.1, -0.05) is 29.3 Å². The highest BCUT2D eigenvalue weighted by Gasteiger charge is 2.13. The van der Waals surface area contributed by atoms with Gasteiger partial charge in [-0.05, 0) is 38.2 Å². The van der Waals surface area contributed by atoms with Gasteiger partial charge in [0.2, 0.25) is 5.91 Å². The second-order valence-electron chi connectivity index (χ2n) is 5.85. The van der Waals surface area contributed by atoms with Crippen molar-refractivity contribution in [3.63, 3.8) is 0 Å². The lowest BCUT2D eigenvalue weighted by atomic mass is 10.2. The molecule has 4 nitrogen and oxygen atoms in total. The predicted molar refractivity (Wildman–Crippen MR) is 100.0 cm³/mol. The molecule has 24 heavy (non-hydrogen) atoms. The van der Waals surface area contributed by atoms with E-state index in [9.17, 15) is 4.79 Å². The van der Waals surface area contributed by atoms with Gasteiger partial charge >= 0.3 is 0 Å². The molecule has 6 heteroatoms. The van der Waals surface area contributed by atoms with Crippen molar-refractivity contribution >= 4 is 28.8 Å². The fraction of sp³-hybridized carbons (Fsp3) is 0.389. The van der Waals surface area contributed by atoms with Crippen LogP contribution in [0.2, 0.25) is 4.34 Å². The van der Waals surface area contributed by atoms with Crippen LogP contribution >= 0.6 is 22.9 Å². The molecule has 0 aliphatic heterocycles. The molecule has 0 fully saturated rings. The number of likely N-dealkylation sites (N-methyl/N-ethyl adjacent to an activating group) is 2. The van der Waals surface area contributed by atoms with Gasteiger partial charge in [-0.2, -0.15) is 0 Å². The van der Waals surface area contributed by atoms with Gasteiger partial charge in [-0.15, -0.1) is 11.3 Å². The minimum atomic E-state index is 0.0809. The maximum Gasteiger partial charge on any atom is 0.236 e. The minimum Gasteiger partial charge on any atom is -0.492 e. The third-order valence-corrected chi connectivity index (χ3v) is 4.83. The summed E-state index contributed by atoms with van der Waals surface area (Å²) in [6, 6.07) is 11.8. The molecule has 0 spiro atoms. The highest BCUT2D eigenvalue weighted by molar-refractivity contribution is 7.16. The Balaban J connectivity index is 1.69. The van der Waals surface area contributed by atoms with E-state index in [2.05, 4.69) is 0 Å². The molecule has 0 aliphatic rings. The first kappa shape index (κ1) is 18.8. The number of carbonyl (C=O) groups is 1. The normalized spacial score (nSPS) is 10.9. The van der Waals surface area contributed by atoms with Crippen molar-refractivity contribution in [1.82, 2.24) is 9.80 Å². The summed E-state index contributed by atoms with van der Waals surface area (Å²) >= 11 is 7.42. The van der Waals surface area contributed by atoms with Gasteiger partial charge in [0.1, 0.15) is 12.4 Å². The van der Waals surface area contributed by atoms with E-state index in [4.69, 9.17) is 16.3 Å². The van der Waals surface area contributed by atoms with Crippen LogP contribution in [-0.2, 0) is 11.3 Å². The van der Waals surface area contributed by atoms with Gasteiger partial charge in [0.25, 0.3) is 0 Å². The van der Waals surface area contributed by atoms with Crippen molar-refractivity contribution in [1.29, 1.82) is 0 Å². The van der Waals surface area contributed by atoms with Crippen LogP contribution in [0.4, 0.5) is 0 Å². The Morgan fingerprint density at radius 1 is 1.17 bits per heavy atom. The maximum atomic E-state index is 12.3. The summed E-state index contributed by atoms with van der Waals surface area (Å²) in [5.74, 6) is 0.935. The standard InChI is InChI=1S/C18H23ClN2O2S/c1-14-4-6-15(7-5-14)23-11-10-20(2)13-18(22)21(3)12-16-8-9-17(19)24-16/h4-9H,10-13H2,1-3H3. The summed E-state index contributed by atoms with van der Waals surface area (Å²) in [7, 11) is 3.73. The summed E-state index contributed by atoms with van der Waals surface area (Å²) in [5.41, 5.74) is 1.21. The SMILES string of the molecule is Cc1ccc(OCCN(C)CC(=O)N(C)Cc2ccc(Cl)s2)cc1. The Morgan fingerprint density at radius 3 is 2.50 bits per heavy atom. The van der Waals surface area contributed by atoms with Crippen molar-refractivity contribution < 1.29 is 9.53 Å². The van der Waals surface area contributed by atoms with Crippen LogP contribution in [0.5, 0.6) is 5.75 Å². The molecule has 130 valence electrons. The molecule has 0 unspecified atom stereocenters. The van der Waals surface area contributed by atoms with Crippen LogP contribution in [-0.4, -0.2) is 49.5 Å². The lowest BCUT2D eigenvalue weighted by molar-refractivity contribution is -0.131. The van der Waals surface area contributed by atoms with Gasteiger partial charge in [0, 0.05) is 18.5 Å². The molecule has 0 saturated heterocycles. The quantitative estimate of drug-likeness (QED) is 0.714.